The maximum Gasteiger partial charge on any atom is 0.305 e. The molecular formula is C22H27NO4. The highest BCUT2D eigenvalue weighted by molar-refractivity contribution is 5.78. The van der Waals surface area contributed by atoms with Crippen LogP contribution in [0.4, 0.5) is 0 Å². The third-order valence-electron chi connectivity index (χ3n) is 4.23. The summed E-state index contributed by atoms with van der Waals surface area (Å²) in [5.74, 6) is -0.357. The molecule has 2 rings (SSSR count). The van der Waals surface area contributed by atoms with Gasteiger partial charge in [0.05, 0.1) is 18.6 Å². The van der Waals surface area contributed by atoms with Gasteiger partial charge in [-0.25, -0.2) is 0 Å². The predicted octanol–water partition coefficient (Wildman–Crippen LogP) is 4.30. The molecule has 0 spiro atoms. The van der Waals surface area contributed by atoms with Crippen molar-refractivity contribution in [1.82, 2.24) is 5.32 Å². The standard InChI is InChI=1S/C22H27NO4/c1-15(2)27-19-11-9-18(10-12-19)20(14-22(25)26)23-21(24)13-16(3)17-7-5-4-6-8-17/h4-12,15-16,20H,13-14H2,1-3H3,(H,23,24)(H,25,26). The Hall–Kier alpha value is -2.82. The Labute approximate surface area is 160 Å². The average Bonchev–Trinajstić information content (AvgIpc) is 2.61. The summed E-state index contributed by atoms with van der Waals surface area (Å²) in [7, 11) is 0. The van der Waals surface area contributed by atoms with Gasteiger partial charge in [-0.3, -0.25) is 9.59 Å². The van der Waals surface area contributed by atoms with Gasteiger partial charge in [-0.1, -0.05) is 49.4 Å². The highest BCUT2D eigenvalue weighted by atomic mass is 16.5. The summed E-state index contributed by atoms with van der Waals surface area (Å²) < 4.78 is 5.61. The molecule has 0 aliphatic rings. The van der Waals surface area contributed by atoms with E-state index in [0.717, 1.165) is 11.1 Å². The van der Waals surface area contributed by atoms with Gasteiger partial charge in [-0.2, -0.15) is 0 Å². The van der Waals surface area contributed by atoms with Gasteiger partial charge in [0.15, 0.2) is 0 Å². The van der Waals surface area contributed by atoms with Crippen molar-refractivity contribution in [2.45, 2.75) is 51.7 Å². The van der Waals surface area contributed by atoms with Crippen LogP contribution in [0.3, 0.4) is 0 Å². The third-order valence-corrected chi connectivity index (χ3v) is 4.23. The second-order valence-electron chi connectivity index (χ2n) is 6.97. The van der Waals surface area contributed by atoms with Crippen molar-refractivity contribution in [3.63, 3.8) is 0 Å². The normalized spacial score (nSPS) is 13.0. The van der Waals surface area contributed by atoms with Crippen LogP contribution in [0, 0.1) is 0 Å². The van der Waals surface area contributed by atoms with E-state index in [1.165, 1.54) is 0 Å². The number of amides is 1. The van der Waals surface area contributed by atoms with E-state index in [0.29, 0.717) is 12.2 Å². The Morgan fingerprint density at radius 1 is 0.926 bits per heavy atom. The molecule has 2 unspecified atom stereocenters. The minimum atomic E-state index is -0.959. The highest BCUT2D eigenvalue weighted by Gasteiger charge is 2.20. The van der Waals surface area contributed by atoms with Gasteiger partial charge in [0.1, 0.15) is 5.75 Å². The van der Waals surface area contributed by atoms with Crippen LogP contribution < -0.4 is 10.1 Å². The molecule has 0 bridgehead atoms. The lowest BCUT2D eigenvalue weighted by Gasteiger charge is -2.20. The molecule has 0 saturated heterocycles. The first-order valence-corrected chi connectivity index (χ1v) is 9.18. The third kappa shape index (κ3) is 6.77. The second-order valence-corrected chi connectivity index (χ2v) is 6.97. The zero-order chi connectivity index (χ0) is 19.8. The Morgan fingerprint density at radius 3 is 2.11 bits per heavy atom. The number of ether oxygens (including phenoxy) is 1. The molecule has 2 aromatic rings. The number of carboxylic acids is 1. The highest BCUT2D eigenvalue weighted by Crippen LogP contribution is 2.23. The van der Waals surface area contributed by atoms with Crippen molar-refractivity contribution in [3.05, 3.63) is 65.7 Å². The van der Waals surface area contributed by atoms with E-state index in [-0.39, 0.29) is 24.3 Å². The van der Waals surface area contributed by atoms with E-state index < -0.39 is 12.0 Å². The van der Waals surface area contributed by atoms with Crippen LogP contribution in [0.15, 0.2) is 54.6 Å². The molecule has 5 nitrogen and oxygen atoms in total. The van der Waals surface area contributed by atoms with Crippen LogP contribution in [0.2, 0.25) is 0 Å². The van der Waals surface area contributed by atoms with Gasteiger partial charge in [-0.15, -0.1) is 0 Å². The van der Waals surface area contributed by atoms with E-state index in [9.17, 15) is 14.7 Å². The van der Waals surface area contributed by atoms with Crippen LogP contribution in [-0.2, 0) is 9.59 Å². The molecule has 2 aromatic carbocycles. The van der Waals surface area contributed by atoms with Gasteiger partial charge >= 0.3 is 5.97 Å². The van der Waals surface area contributed by atoms with E-state index >= 15 is 0 Å². The lowest BCUT2D eigenvalue weighted by atomic mass is 9.97. The van der Waals surface area contributed by atoms with Crippen molar-refractivity contribution in [2.75, 3.05) is 0 Å². The smallest absolute Gasteiger partial charge is 0.305 e. The molecule has 0 radical (unpaired) electrons. The topological polar surface area (TPSA) is 75.6 Å². The number of carbonyl (C=O) groups excluding carboxylic acids is 1. The largest absolute Gasteiger partial charge is 0.491 e. The van der Waals surface area contributed by atoms with E-state index in [4.69, 9.17) is 4.74 Å². The van der Waals surface area contributed by atoms with Gasteiger partial charge in [0.2, 0.25) is 5.91 Å². The molecule has 0 aliphatic carbocycles. The minimum Gasteiger partial charge on any atom is -0.491 e. The molecule has 0 saturated carbocycles. The van der Waals surface area contributed by atoms with Crippen molar-refractivity contribution in [1.29, 1.82) is 0 Å². The lowest BCUT2D eigenvalue weighted by Crippen LogP contribution is -2.30. The number of carboxylic acid groups (broad SMARTS) is 1. The SMILES string of the molecule is CC(C)Oc1ccc(C(CC(=O)O)NC(=O)CC(C)c2ccccc2)cc1. The Morgan fingerprint density at radius 2 is 1.56 bits per heavy atom. The van der Waals surface area contributed by atoms with Crippen molar-refractivity contribution in [2.24, 2.45) is 0 Å². The first kappa shape index (κ1) is 20.5. The molecule has 0 fully saturated rings. The quantitative estimate of drug-likeness (QED) is 0.691. The van der Waals surface area contributed by atoms with Gasteiger partial charge in [-0.05, 0) is 43.0 Å². The fourth-order valence-corrected chi connectivity index (χ4v) is 2.91. The van der Waals surface area contributed by atoms with E-state index in [1.54, 1.807) is 24.3 Å². The molecule has 2 N–H and O–H groups in total. The lowest BCUT2D eigenvalue weighted by molar-refractivity contribution is -0.137. The Balaban J connectivity index is 2.05. The number of rotatable bonds is 9. The minimum absolute atomic E-state index is 0.0542. The zero-order valence-corrected chi connectivity index (χ0v) is 16.0. The zero-order valence-electron chi connectivity index (χ0n) is 16.0. The molecular weight excluding hydrogens is 342 g/mol. The summed E-state index contributed by atoms with van der Waals surface area (Å²) in [5, 5.41) is 12.1. The summed E-state index contributed by atoms with van der Waals surface area (Å²) in [6.45, 7) is 5.86. The molecule has 0 aromatic heterocycles. The molecule has 0 heterocycles. The fourth-order valence-electron chi connectivity index (χ4n) is 2.91. The maximum atomic E-state index is 12.5. The average molecular weight is 369 g/mol. The van der Waals surface area contributed by atoms with E-state index in [1.807, 2.05) is 51.1 Å². The van der Waals surface area contributed by atoms with Crippen LogP contribution in [-0.4, -0.2) is 23.1 Å². The molecule has 27 heavy (non-hydrogen) atoms. The molecule has 5 heteroatoms. The summed E-state index contributed by atoms with van der Waals surface area (Å²) >= 11 is 0. The number of benzene rings is 2. The van der Waals surface area contributed by atoms with Gasteiger partial charge < -0.3 is 15.2 Å². The Kier molecular flexibility index (Phi) is 7.41. The number of nitrogens with one attached hydrogen (secondary N) is 1. The van der Waals surface area contributed by atoms with Crippen LogP contribution in [0.1, 0.15) is 56.7 Å². The van der Waals surface area contributed by atoms with E-state index in [2.05, 4.69) is 5.32 Å². The monoisotopic (exact) mass is 369 g/mol. The summed E-state index contributed by atoms with van der Waals surface area (Å²) in [5.41, 5.74) is 1.83. The predicted molar refractivity (Wildman–Crippen MR) is 105 cm³/mol. The van der Waals surface area contributed by atoms with Gasteiger partial charge in [0, 0.05) is 6.42 Å². The molecule has 0 aliphatic heterocycles. The number of aliphatic carboxylic acids is 1. The summed E-state index contributed by atoms with van der Waals surface area (Å²) in [6.07, 6.45) is 0.190. The molecule has 2 atom stereocenters. The van der Waals surface area contributed by atoms with Crippen molar-refractivity contribution in [3.8, 4) is 5.75 Å². The maximum absolute atomic E-state index is 12.5. The number of carbonyl (C=O) groups is 2. The van der Waals surface area contributed by atoms with Crippen LogP contribution in [0.25, 0.3) is 0 Å². The van der Waals surface area contributed by atoms with Crippen LogP contribution >= 0.6 is 0 Å². The second kappa shape index (κ2) is 9.76. The van der Waals surface area contributed by atoms with Crippen molar-refractivity contribution >= 4 is 11.9 Å². The van der Waals surface area contributed by atoms with Crippen molar-refractivity contribution < 1.29 is 19.4 Å². The molecule has 144 valence electrons. The first-order valence-electron chi connectivity index (χ1n) is 9.18. The number of hydrogen-bond acceptors (Lipinski definition) is 3. The number of hydrogen-bond donors (Lipinski definition) is 2. The summed E-state index contributed by atoms with van der Waals surface area (Å²) in [6, 6.07) is 16.4. The van der Waals surface area contributed by atoms with Crippen LogP contribution in [0.5, 0.6) is 5.75 Å². The molecule has 1 amide bonds. The first-order chi connectivity index (χ1) is 12.8. The fraction of sp³-hybridized carbons (Fsp3) is 0.364. The van der Waals surface area contributed by atoms with Gasteiger partial charge in [0.25, 0.3) is 0 Å². The summed E-state index contributed by atoms with van der Waals surface area (Å²) in [4.78, 5) is 23.7. The Bertz CT molecular complexity index is 741.